The molecular formula is C17H23IN4O. The molecule has 1 aliphatic rings. The van der Waals surface area contributed by atoms with E-state index >= 15 is 0 Å². The summed E-state index contributed by atoms with van der Waals surface area (Å²) in [4.78, 5) is 8.77. The summed E-state index contributed by atoms with van der Waals surface area (Å²) in [5.41, 5.74) is 1.86. The van der Waals surface area contributed by atoms with Gasteiger partial charge < -0.3 is 15.1 Å². The van der Waals surface area contributed by atoms with Crippen LogP contribution in [-0.2, 0) is 6.54 Å². The lowest BCUT2D eigenvalue weighted by atomic mass is 10.2. The van der Waals surface area contributed by atoms with Crippen molar-refractivity contribution >= 4 is 29.9 Å². The van der Waals surface area contributed by atoms with E-state index in [-0.39, 0.29) is 24.0 Å². The summed E-state index contributed by atoms with van der Waals surface area (Å²) in [6.07, 6.45) is 6.75. The first-order valence-corrected chi connectivity index (χ1v) is 7.82. The van der Waals surface area contributed by atoms with Crippen LogP contribution in [0.5, 0.6) is 0 Å². The number of oxazole rings is 1. The molecule has 0 atom stereocenters. The molecule has 0 spiro atoms. The van der Waals surface area contributed by atoms with E-state index in [1.165, 1.54) is 25.7 Å². The minimum Gasteiger partial charge on any atom is -0.444 e. The van der Waals surface area contributed by atoms with Crippen molar-refractivity contribution in [2.24, 2.45) is 4.99 Å². The lowest BCUT2D eigenvalue weighted by Gasteiger charge is -2.16. The zero-order valence-electron chi connectivity index (χ0n) is 13.3. The maximum atomic E-state index is 5.54. The molecule has 0 bridgehead atoms. The Balaban J connectivity index is 0.00000192. The van der Waals surface area contributed by atoms with Crippen LogP contribution in [0.2, 0.25) is 0 Å². The number of nitrogens with zero attached hydrogens (tertiary/aromatic N) is 2. The molecule has 2 aromatic rings. The summed E-state index contributed by atoms with van der Waals surface area (Å²) in [5, 5.41) is 6.75. The van der Waals surface area contributed by atoms with Crippen molar-refractivity contribution in [1.82, 2.24) is 15.6 Å². The number of aliphatic imine (C=N–C) groups is 1. The van der Waals surface area contributed by atoms with E-state index < -0.39 is 0 Å². The fraction of sp³-hybridized carbons (Fsp3) is 0.412. The zero-order valence-corrected chi connectivity index (χ0v) is 15.6. The van der Waals surface area contributed by atoms with Crippen LogP contribution in [0.3, 0.4) is 0 Å². The number of guanidine groups is 1. The van der Waals surface area contributed by atoms with Gasteiger partial charge >= 0.3 is 0 Å². The normalized spacial score (nSPS) is 15.3. The summed E-state index contributed by atoms with van der Waals surface area (Å²) in [6.45, 7) is 0.600. The fourth-order valence-corrected chi connectivity index (χ4v) is 2.73. The molecule has 1 heterocycles. The Morgan fingerprint density at radius 1 is 1.26 bits per heavy atom. The number of halogens is 1. The predicted molar refractivity (Wildman–Crippen MR) is 103 cm³/mol. The first kappa shape index (κ1) is 17.8. The lowest BCUT2D eigenvalue weighted by molar-refractivity contribution is 0.571. The predicted octanol–water partition coefficient (Wildman–Crippen LogP) is 3.57. The van der Waals surface area contributed by atoms with E-state index in [0.29, 0.717) is 18.5 Å². The van der Waals surface area contributed by atoms with Gasteiger partial charge in [-0.05, 0) is 25.0 Å². The average Bonchev–Trinajstić information content (AvgIpc) is 3.24. The van der Waals surface area contributed by atoms with Crippen LogP contribution in [0.4, 0.5) is 0 Å². The Hall–Kier alpha value is -1.57. The lowest BCUT2D eigenvalue weighted by Crippen LogP contribution is -2.41. The van der Waals surface area contributed by atoms with Gasteiger partial charge in [0.05, 0.1) is 12.2 Å². The second-order valence-electron chi connectivity index (χ2n) is 5.56. The monoisotopic (exact) mass is 426 g/mol. The summed E-state index contributed by atoms with van der Waals surface area (Å²) < 4.78 is 5.54. The highest BCUT2D eigenvalue weighted by Crippen LogP contribution is 2.18. The Labute approximate surface area is 154 Å². The molecule has 2 N–H and O–H groups in total. The number of aromatic nitrogens is 1. The molecule has 5 nitrogen and oxygen atoms in total. The van der Waals surface area contributed by atoms with Crippen molar-refractivity contribution < 1.29 is 4.42 Å². The van der Waals surface area contributed by atoms with E-state index in [9.17, 15) is 0 Å². The molecule has 0 aliphatic heterocycles. The zero-order chi connectivity index (χ0) is 15.2. The van der Waals surface area contributed by atoms with Crippen molar-refractivity contribution in [3.63, 3.8) is 0 Å². The van der Waals surface area contributed by atoms with E-state index in [4.69, 9.17) is 4.42 Å². The smallest absolute Gasteiger partial charge is 0.226 e. The molecule has 23 heavy (non-hydrogen) atoms. The largest absolute Gasteiger partial charge is 0.444 e. The van der Waals surface area contributed by atoms with Crippen molar-refractivity contribution in [1.29, 1.82) is 0 Å². The number of hydrogen-bond acceptors (Lipinski definition) is 3. The van der Waals surface area contributed by atoms with Gasteiger partial charge in [0, 0.05) is 18.7 Å². The summed E-state index contributed by atoms with van der Waals surface area (Å²) >= 11 is 0. The minimum atomic E-state index is 0. The number of hydrogen-bond donors (Lipinski definition) is 2. The van der Waals surface area contributed by atoms with Crippen LogP contribution in [0, 0.1) is 0 Å². The number of rotatable bonds is 4. The van der Waals surface area contributed by atoms with Gasteiger partial charge in [-0.15, -0.1) is 24.0 Å². The average molecular weight is 426 g/mol. The third-order valence-electron chi connectivity index (χ3n) is 3.93. The third kappa shape index (κ3) is 4.95. The van der Waals surface area contributed by atoms with Gasteiger partial charge in [0.1, 0.15) is 6.26 Å². The van der Waals surface area contributed by atoms with Gasteiger partial charge in [-0.2, -0.15) is 0 Å². The van der Waals surface area contributed by atoms with Gasteiger partial charge in [-0.3, -0.25) is 4.99 Å². The Morgan fingerprint density at radius 3 is 2.70 bits per heavy atom. The Bertz CT molecular complexity index is 621. The van der Waals surface area contributed by atoms with E-state index in [1.807, 2.05) is 30.3 Å². The maximum Gasteiger partial charge on any atom is 0.226 e. The van der Waals surface area contributed by atoms with Crippen LogP contribution in [0.1, 0.15) is 31.4 Å². The van der Waals surface area contributed by atoms with Crippen molar-refractivity contribution in [3.8, 4) is 11.5 Å². The maximum absolute atomic E-state index is 5.54. The summed E-state index contributed by atoms with van der Waals surface area (Å²) in [5.74, 6) is 1.48. The second kappa shape index (κ2) is 8.90. The molecule has 6 heteroatoms. The quantitative estimate of drug-likeness (QED) is 0.446. The Morgan fingerprint density at radius 2 is 2.00 bits per heavy atom. The van der Waals surface area contributed by atoms with E-state index in [1.54, 1.807) is 13.3 Å². The van der Waals surface area contributed by atoms with Crippen molar-refractivity contribution in [2.45, 2.75) is 38.3 Å². The molecule has 1 aliphatic carbocycles. The first-order chi connectivity index (χ1) is 10.8. The molecule has 0 radical (unpaired) electrons. The fourth-order valence-electron chi connectivity index (χ4n) is 2.73. The molecule has 0 unspecified atom stereocenters. The molecule has 3 rings (SSSR count). The molecule has 0 amide bonds. The SMILES string of the molecule is CN=C(NCc1coc(-c2ccccc2)n1)NC1CCCC1.I. The van der Waals surface area contributed by atoms with E-state index in [2.05, 4.69) is 20.6 Å². The van der Waals surface area contributed by atoms with E-state index in [0.717, 1.165) is 17.2 Å². The van der Waals surface area contributed by atoms with Crippen molar-refractivity contribution in [3.05, 3.63) is 42.3 Å². The van der Waals surface area contributed by atoms with Gasteiger partial charge in [0.2, 0.25) is 5.89 Å². The van der Waals surface area contributed by atoms with Gasteiger partial charge in [-0.25, -0.2) is 4.98 Å². The second-order valence-corrected chi connectivity index (χ2v) is 5.56. The highest BCUT2D eigenvalue weighted by molar-refractivity contribution is 14.0. The van der Waals surface area contributed by atoms with Crippen LogP contribution < -0.4 is 10.6 Å². The molecule has 1 fully saturated rings. The molecule has 1 aromatic heterocycles. The van der Waals surface area contributed by atoms with Crippen LogP contribution >= 0.6 is 24.0 Å². The number of benzene rings is 1. The Kier molecular flexibility index (Phi) is 6.88. The van der Waals surface area contributed by atoms with Gasteiger partial charge in [-0.1, -0.05) is 31.0 Å². The standard InChI is InChI=1S/C17H22N4O.HI/c1-18-17(21-14-9-5-6-10-14)19-11-15-12-22-16(20-15)13-7-3-2-4-8-13;/h2-4,7-8,12,14H,5-6,9-11H2,1H3,(H2,18,19,21);1H. The van der Waals surface area contributed by atoms with Crippen LogP contribution in [0.15, 0.2) is 46.0 Å². The number of nitrogens with one attached hydrogen (secondary N) is 2. The highest BCUT2D eigenvalue weighted by atomic mass is 127. The molecule has 0 saturated heterocycles. The van der Waals surface area contributed by atoms with Crippen LogP contribution in [0.25, 0.3) is 11.5 Å². The van der Waals surface area contributed by atoms with Crippen molar-refractivity contribution in [2.75, 3.05) is 7.05 Å². The van der Waals surface area contributed by atoms with Gasteiger partial charge in [0.15, 0.2) is 5.96 Å². The summed E-state index contributed by atoms with van der Waals surface area (Å²) in [6, 6.07) is 10.5. The first-order valence-electron chi connectivity index (χ1n) is 7.82. The molecule has 1 aromatic carbocycles. The van der Waals surface area contributed by atoms with Crippen LogP contribution in [-0.4, -0.2) is 24.0 Å². The third-order valence-corrected chi connectivity index (χ3v) is 3.93. The topological polar surface area (TPSA) is 62.5 Å². The summed E-state index contributed by atoms with van der Waals surface area (Å²) in [7, 11) is 1.79. The minimum absolute atomic E-state index is 0. The highest BCUT2D eigenvalue weighted by Gasteiger charge is 2.16. The molecular weight excluding hydrogens is 403 g/mol. The molecule has 124 valence electrons. The van der Waals surface area contributed by atoms with Gasteiger partial charge in [0.25, 0.3) is 0 Å². The molecule has 1 saturated carbocycles.